The van der Waals surface area contributed by atoms with Crippen molar-refractivity contribution in [3.05, 3.63) is 0 Å². The van der Waals surface area contributed by atoms with Gasteiger partial charge in [-0.15, -0.1) is 0 Å². The maximum Gasteiger partial charge on any atom is 0.228 e. The maximum atomic E-state index is 13.3. The number of nitrogens with one attached hydrogen (secondary N) is 1. The van der Waals surface area contributed by atoms with Gasteiger partial charge < -0.3 is 10.2 Å². The summed E-state index contributed by atoms with van der Waals surface area (Å²) in [6.45, 7) is 6.17. The van der Waals surface area contributed by atoms with Crippen LogP contribution in [0.5, 0.6) is 0 Å². The van der Waals surface area contributed by atoms with Crippen LogP contribution in [0.4, 0.5) is 0 Å². The van der Waals surface area contributed by atoms with Crippen LogP contribution >= 0.6 is 0 Å². The van der Waals surface area contributed by atoms with Crippen LogP contribution < -0.4 is 5.32 Å². The van der Waals surface area contributed by atoms with Gasteiger partial charge in [-0.2, -0.15) is 0 Å². The molecule has 1 amide bonds. The molecule has 3 saturated heterocycles. The zero-order valence-corrected chi connectivity index (χ0v) is 13.7. The van der Waals surface area contributed by atoms with Crippen molar-refractivity contribution in [2.24, 2.45) is 5.41 Å². The smallest absolute Gasteiger partial charge is 0.228 e. The second kappa shape index (κ2) is 6.25. The Bertz CT molecular complexity index is 373. The summed E-state index contributed by atoms with van der Waals surface area (Å²) in [6, 6.07) is 1.31. The minimum absolute atomic E-state index is 0.0673. The topological polar surface area (TPSA) is 35.6 Å². The van der Waals surface area contributed by atoms with Crippen LogP contribution in [0, 0.1) is 5.41 Å². The van der Waals surface area contributed by atoms with Crippen molar-refractivity contribution >= 4 is 5.91 Å². The van der Waals surface area contributed by atoms with E-state index in [1.165, 1.54) is 19.3 Å². The molecule has 21 heavy (non-hydrogen) atoms. The van der Waals surface area contributed by atoms with E-state index in [1.807, 2.05) is 0 Å². The van der Waals surface area contributed by atoms with E-state index < -0.39 is 0 Å². The summed E-state index contributed by atoms with van der Waals surface area (Å²) in [5.41, 5.74) is -0.0673. The predicted octanol–water partition coefficient (Wildman–Crippen LogP) is 1.85. The van der Waals surface area contributed by atoms with E-state index in [0.29, 0.717) is 18.0 Å². The Morgan fingerprint density at radius 3 is 2.62 bits per heavy atom. The van der Waals surface area contributed by atoms with E-state index >= 15 is 0 Å². The molecule has 1 N–H and O–H groups in total. The van der Waals surface area contributed by atoms with Gasteiger partial charge in [0.05, 0.1) is 5.41 Å². The fraction of sp³-hybridized carbons (Fsp3) is 0.941. The largest absolute Gasteiger partial charge is 0.341 e. The highest BCUT2D eigenvalue weighted by Crippen LogP contribution is 2.38. The van der Waals surface area contributed by atoms with Gasteiger partial charge in [-0.3, -0.25) is 9.69 Å². The standard InChI is InChI=1S/C17H31N3O/c1-3-7-17(8-10-18-11-9-17)16(21)20-12-6-14-4-5-15(13-20)19(14)2/h14-15,18H,3-13H2,1-2H3. The molecule has 0 aliphatic carbocycles. The molecule has 2 atom stereocenters. The number of amides is 1. The number of carbonyl (C=O) groups excluding carboxylic acids is 1. The van der Waals surface area contributed by atoms with Crippen molar-refractivity contribution in [2.75, 3.05) is 33.2 Å². The first kappa shape index (κ1) is 15.3. The van der Waals surface area contributed by atoms with Crippen molar-refractivity contribution in [2.45, 2.75) is 64.0 Å². The monoisotopic (exact) mass is 293 g/mol. The predicted molar refractivity (Wildman–Crippen MR) is 85.2 cm³/mol. The summed E-state index contributed by atoms with van der Waals surface area (Å²) in [5, 5.41) is 3.42. The molecule has 0 aromatic heterocycles. The number of likely N-dealkylation sites (N-methyl/N-ethyl adjacent to an activating group) is 1. The number of nitrogens with zero attached hydrogens (tertiary/aromatic N) is 2. The van der Waals surface area contributed by atoms with E-state index in [2.05, 4.69) is 29.1 Å². The number of carbonyl (C=O) groups is 1. The Balaban J connectivity index is 1.73. The minimum Gasteiger partial charge on any atom is -0.341 e. The van der Waals surface area contributed by atoms with Crippen LogP contribution in [-0.4, -0.2) is 61.0 Å². The fourth-order valence-corrected chi connectivity index (χ4v) is 4.78. The third-order valence-corrected chi connectivity index (χ3v) is 6.18. The minimum atomic E-state index is -0.0673. The lowest BCUT2D eigenvalue weighted by atomic mass is 9.74. The van der Waals surface area contributed by atoms with Gasteiger partial charge in [-0.05, 0) is 58.7 Å². The van der Waals surface area contributed by atoms with Crippen LogP contribution in [0.2, 0.25) is 0 Å². The third kappa shape index (κ3) is 2.85. The highest BCUT2D eigenvalue weighted by atomic mass is 16.2. The van der Waals surface area contributed by atoms with E-state index in [4.69, 9.17) is 0 Å². The molecule has 3 fully saturated rings. The molecular weight excluding hydrogens is 262 g/mol. The van der Waals surface area contributed by atoms with Crippen molar-refractivity contribution in [1.82, 2.24) is 15.1 Å². The summed E-state index contributed by atoms with van der Waals surface area (Å²) < 4.78 is 0. The second-order valence-electron chi connectivity index (χ2n) is 7.37. The van der Waals surface area contributed by atoms with Crippen LogP contribution in [0.3, 0.4) is 0 Å². The van der Waals surface area contributed by atoms with Crippen molar-refractivity contribution in [3.8, 4) is 0 Å². The molecule has 4 heteroatoms. The van der Waals surface area contributed by atoms with Crippen LogP contribution in [0.15, 0.2) is 0 Å². The quantitative estimate of drug-likeness (QED) is 0.862. The Hall–Kier alpha value is -0.610. The lowest BCUT2D eigenvalue weighted by molar-refractivity contribution is -0.144. The molecule has 3 heterocycles. The number of likely N-dealkylation sites (tertiary alicyclic amines) is 1. The molecule has 0 aromatic rings. The van der Waals surface area contributed by atoms with Crippen molar-refractivity contribution in [1.29, 1.82) is 0 Å². The van der Waals surface area contributed by atoms with Crippen molar-refractivity contribution in [3.63, 3.8) is 0 Å². The van der Waals surface area contributed by atoms with E-state index in [1.54, 1.807) is 0 Å². The molecule has 0 aromatic carbocycles. The molecule has 120 valence electrons. The number of hydrogen-bond acceptors (Lipinski definition) is 3. The highest BCUT2D eigenvalue weighted by Gasteiger charge is 2.44. The third-order valence-electron chi connectivity index (χ3n) is 6.18. The average Bonchev–Trinajstić information content (AvgIpc) is 2.73. The molecule has 3 rings (SSSR count). The van der Waals surface area contributed by atoms with Gasteiger partial charge in [0, 0.05) is 25.2 Å². The Labute approximate surface area is 129 Å². The van der Waals surface area contributed by atoms with Gasteiger partial charge in [0.2, 0.25) is 5.91 Å². The Morgan fingerprint density at radius 1 is 1.19 bits per heavy atom. The number of piperidine rings is 1. The zero-order valence-electron chi connectivity index (χ0n) is 13.7. The molecule has 0 spiro atoms. The fourth-order valence-electron chi connectivity index (χ4n) is 4.78. The van der Waals surface area contributed by atoms with Crippen molar-refractivity contribution < 1.29 is 4.79 Å². The van der Waals surface area contributed by atoms with Gasteiger partial charge in [0.15, 0.2) is 0 Å². The normalized spacial score (nSPS) is 33.0. The molecule has 4 nitrogen and oxygen atoms in total. The van der Waals surface area contributed by atoms with Gasteiger partial charge in [0.25, 0.3) is 0 Å². The molecule has 0 saturated carbocycles. The summed E-state index contributed by atoms with van der Waals surface area (Å²) in [6.07, 6.45) is 8.00. The SMILES string of the molecule is CCCC1(C(=O)N2CCC3CCC(C2)N3C)CCNCC1. The average molecular weight is 293 g/mol. The molecular formula is C17H31N3O. The number of fused-ring (bicyclic) bond motifs is 2. The molecule has 2 bridgehead atoms. The highest BCUT2D eigenvalue weighted by molar-refractivity contribution is 5.83. The first-order chi connectivity index (χ1) is 10.2. The summed E-state index contributed by atoms with van der Waals surface area (Å²) in [5.74, 6) is 0.465. The van der Waals surface area contributed by atoms with E-state index in [-0.39, 0.29) is 5.41 Å². The zero-order chi connectivity index (χ0) is 14.9. The summed E-state index contributed by atoms with van der Waals surface area (Å²) in [7, 11) is 2.25. The van der Waals surface area contributed by atoms with Crippen LogP contribution in [0.25, 0.3) is 0 Å². The van der Waals surface area contributed by atoms with Gasteiger partial charge in [-0.25, -0.2) is 0 Å². The first-order valence-electron chi connectivity index (χ1n) is 8.88. The number of hydrogen-bond donors (Lipinski definition) is 1. The van der Waals surface area contributed by atoms with Gasteiger partial charge in [0.1, 0.15) is 0 Å². The molecule has 2 unspecified atom stereocenters. The lowest BCUT2D eigenvalue weighted by Crippen LogP contribution is -2.51. The van der Waals surface area contributed by atoms with E-state index in [0.717, 1.165) is 51.9 Å². The van der Waals surface area contributed by atoms with Crippen LogP contribution in [-0.2, 0) is 4.79 Å². The maximum absolute atomic E-state index is 13.3. The molecule has 3 aliphatic rings. The van der Waals surface area contributed by atoms with E-state index in [9.17, 15) is 4.79 Å². The lowest BCUT2D eigenvalue weighted by Gasteiger charge is -2.40. The van der Waals surface area contributed by atoms with Gasteiger partial charge in [-0.1, -0.05) is 13.3 Å². The Kier molecular flexibility index (Phi) is 4.55. The first-order valence-corrected chi connectivity index (χ1v) is 8.88. The number of rotatable bonds is 3. The summed E-state index contributed by atoms with van der Waals surface area (Å²) >= 11 is 0. The Morgan fingerprint density at radius 2 is 1.90 bits per heavy atom. The molecule has 0 radical (unpaired) electrons. The molecule has 3 aliphatic heterocycles. The van der Waals surface area contributed by atoms with Crippen LogP contribution in [0.1, 0.15) is 51.9 Å². The second-order valence-corrected chi connectivity index (χ2v) is 7.37. The summed E-state index contributed by atoms with van der Waals surface area (Å²) in [4.78, 5) is 18.0. The van der Waals surface area contributed by atoms with Gasteiger partial charge >= 0.3 is 0 Å².